The van der Waals surface area contributed by atoms with Crippen molar-refractivity contribution in [1.82, 2.24) is 15.0 Å². The van der Waals surface area contributed by atoms with Crippen LogP contribution in [0.5, 0.6) is 0 Å². The molecule has 0 radical (unpaired) electrons. The smallest absolute Gasteiger partial charge is 0.356 e. The third-order valence-corrected chi connectivity index (χ3v) is 7.41. The normalized spacial score (nSPS) is 17.8. The number of pyridine rings is 1. The highest BCUT2D eigenvalue weighted by atomic mass is 32.2. The number of rotatable bonds is 6. The van der Waals surface area contributed by atoms with Crippen molar-refractivity contribution >= 4 is 21.7 Å². The molecule has 11 heteroatoms. The Labute approximate surface area is 190 Å². The number of hydrogen-bond acceptors (Lipinski definition) is 5. The van der Waals surface area contributed by atoms with Crippen LogP contribution in [0, 0.1) is 6.92 Å². The largest absolute Gasteiger partial charge is 0.417 e. The Morgan fingerprint density at radius 3 is 2.33 bits per heavy atom. The molecule has 4 rings (SSSR count). The molecule has 2 aromatic rings. The quantitative estimate of drug-likeness (QED) is 0.660. The zero-order chi connectivity index (χ0) is 23.8. The fraction of sp³-hybridized carbons (Fsp3) is 0.455. The third kappa shape index (κ3) is 5.64. The topological polar surface area (TPSA) is 91.4 Å². The summed E-state index contributed by atoms with van der Waals surface area (Å²) in [7, 11) is -3.67. The average Bonchev–Trinajstić information content (AvgIpc) is 3.57. The number of nitrogens with one attached hydrogen (secondary N) is 2. The molecule has 33 heavy (non-hydrogen) atoms. The summed E-state index contributed by atoms with van der Waals surface area (Å²) in [5.41, 5.74) is 0.185. The van der Waals surface area contributed by atoms with Crippen molar-refractivity contribution in [2.45, 2.75) is 55.8 Å². The molecule has 1 aliphatic heterocycles. The molecule has 0 bridgehead atoms. The number of amides is 1. The highest BCUT2D eigenvalue weighted by Gasteiger charge is 2.31. The Morgan fingerprint density at radius 2 is 1.76 bits per heavy atom. The highest BCUT2D eigenvalue weighted by molar-refractivity contribution is 7.89. The molecule has 0 spiro atoms. The van der Waals surface area contributed by atoms with Crippen LogP contribution in [0.2, 0.25) is 0 Å². The summed E-state index contributed by atoms with van der Waals surface area (Å²) in [5, 5.41) is 2.96. The number of carbonyl (C=O) groups excluding carboxylic acids is 1. The molecule has 178 valence electrons. The Bertz CT molecular complexity index is 1120. The van der Waals surface area contributed by atoms with Crippen LogP contribution >= 0.6 is 0 Å². The first kappa shape index (κ1) is 23.5. The van der Waals surface area contributed by atoms with Crippen LogP contribution in [-0.4, -0.2) is 44.5 Å². The van der Waals surface area contributed by atoms with Gasteiger partial charge in [-0.1, -0.05) is 6.07 Å². The van der Waals surface area contributed by atoms with Gasteiger partial charge in [0.15, 0.2) is 0 Å². The maximum Gasteiger partial charge on any atom is 0.417 e. The maximum atomic E-state index is 12.9. The Balaban J connectivity index is 1.37. The van der Waals surface area contributed by atoms with Crippen molar-refractivity contribution < 1.29 is 26.4 Å². The minimum Gasteiger partial charge on any atom is -0.356 e. The highest BCUT2D eigenvalue weighted by Crippen LogP contribution is 2.30. The number of aryl methyl sites for hydroxylation is 1. The third-order valence-electron chi connectivity index (χ3n) is 5.89. The Kier molecular flexibility index (Phi) is 6.37. The van der Waals surface area contributed by atoms with E-state index in [1.54, 1.807) is 13.0 Å². The zero-order valence-corrected chi connectivity index (χ0v) is 18.8. The molecule has 1 saturated heterocycles. The van der Waals surface area contributed by atoms with Crippen molar-refractivity contribution in [2.75, 3.05) is 18.0 Å². The summed E-state index contributed by atoms with van der Waals surface area (Å²) >= 11 is 0. The van der Waals surface area contributed by atoms with Gasteiger partial charge < -0.3 is 10.2 Å². The number of benzene rings is 1. The molecule has 1 aliphatic carbocycles. The van der Waals surface area contributed by atoms with Crippen molar-refractivity contribution in [3.05, 3.63) is 53.2 Å². The number of piperidine rings is 1. The molecule has 1 aromatic heterocycles. The molecule has 0 atom stereocenters. The number of nitrogens with zero attached hydrogens (tertiary/aromatic N) is 2. The second-order valence-corrected chi connectivity index (χ2v) is 10.2. The molecule has 1 amide bonds. The van der Waals surface area contributed by atoms with Crippen molar-refractivity contribution in [2.24, 2.45) is 0 Å². The first-order valence-corrected chi connectivity index (χ1v) is 12.2. The van der Waals surface area contributed by atoms with Gasteiger partial charge in [-0.25, -0.2) is 18.1 Å². The van der Waals surface area contributed by atoms with Crippen LogP contribution in [0.3, 0.4) is 0 Å². The molecule has 2 fully saturated rings. The lowest BCUT2D eigenvalue weighted by molar-refractivity contribution is -0.137. The fourth-order valence-electron chi connectivity index (χ4n) is 3.76. The molecule has 1 saturated carbocycles. The predicted molar refractivity (Wildman–Crippen MR) is 116 cm³/mol. The van der Waals surface area contributed by atoms with Crippen LogP contribution in [0.1, 0.15) is 47.2 Å². The molecule has 0 unspecified atom stereocenters. The van der Waals surface area contributed by atoms with Crippen molar-refractivity contribution in [1.29, 1.82) is 0 Å². The molecular formula is C22H25F3N4O3S. The number of halogens is 3. The lowest BCUT2D eigenvalue weighted by Gasteiger charge is -2.33. The Morgan fingerprint density at radius 1 is 1.06 bits per heavy atom. The molecule has 1 aromatic carbocycles. The van der Waals surface area contributed by atoms with Gasteiger partial charge >= 0.3 is 6.18 Å². The molecule has 2 aliphatic rings. The minimum absolute atomic E-state index is 0.0297. The zero-order valence-electron chi connectivity index (χ0n) is 18.0. The van der Waals surface area contributed by atoms with E-state index in [0.717, 1.165) is 25.1 Å². The summed E-state index contributed by atoms with van der Waals surface area (Å²) < 4.78 is 65.8. The van der Waals surface area contributed by atoms with Gasteiger partial charge in [-0.05, 0) is 62.4 Å². The van der Waals surface area contributed by atoms with Gasteiger partial charge in [0.25, 0.3) is 5.91 Å². The van der Waals surface area contributed by atoms with Crippen LogP contribution in [-0.2, 0) is 16.2 Å². The summed E-state index contributed by atoms with van der Waals surface area (Å²) in [6.45, 7) is 2.81. The van der Waals surface area contributed by atoms with Gasteiger partial charge in [0.05, 0.1) is 10.5 Å². The molecule has 2 heterocycles. The van der Waals surface area contributed by atoms with E-state index in [1.807, 2.05) is 4.90 Å². The van der Waals surface area contributed by atoms with Gasteiger partial charge in [-0.2, -0.15) is 13.2 Å². The van der Waals surface area contributed by atoms with Crippen LogP contribution in [0.15, 0.2) is 41.4 Å². The van der Waals surface area contributed by atoms with E-state index >= 15 is 0 Å². The number of anilines is 1. The van der Waals surface area contributed by atoms with E-state index in [9.17, 15) is 26.4 Å². The van der Waals surface area contributed by atoms with E-state index in [-0.39, 0.29) is 22.9 Å². The van der Waals surface area contributed by atoms with E-state index in [4.69, 9.17) is 0 Å². The van der Waals surface area contributed by atoms with Gasteiger partial charge in [-0.3, -0.25) is 4.79 Å². The van der Waals surface area contributed by atoms with Crippen LogP contribution < -0.4 is 14.9 Å². The number of hydrogen-bond donors (Lipinski definition) is 2. The monoisotopic (exact) mass is 482 g/mol. The molecule has 7 nitrogen and oxygen atoms in total. The summed E-state index contributed by atoms with van der Waals surface area (Å²) in [6, 6.07) is 6.72. The summed E-state index contributed by atoms with van der Waals surface area (Å²) in [5.74, 6) is 0.117. The van der Waals surface area contributed by atoms with Crippen LogP contribution in [0.4, 0.5) is 19.0 Å². The lowest BCUT2D eigenvalue weighted by Crippen LogP contribution is -2.45. The second kappa shape index (κ2) is 8.94. The minimum atomic E-state index is -4.43. The number of sulfonamides is 1. The summed E-state index contributed by atoms with van der Waals surface area (Å²) in [4.78, 5) is 18.7. The Hall–Kier alpha value is -2.66. The molecular weight excluding hydrogens is 457 g/mol. The molecule has 2 N–H and O–H groups in total. The van der Waals surface area contributed by atoms with Gasteiger partial charge in [0, 0.05) is 36.9 Å². The maximum absolute atomic E-state index is 12.9. The van der Waals surface area contributed by atoms with Crippen LogP contribution in [0.25, 0.3) is 0 Å². The van der Waals surface area contributed by atoms with E-state index < -0.39 is 21.8 Å². The van der Waals surface area contributed by atoms with E-state index in [1.165, 1.54) is 18.2 Å². The van der Waals surface area contributed by atoms with Crippen molar-refractivity contribution in [3.8, 4) is 0 Å². The van der Waals surface area contributed by atoms with Gasteiger partial charge in [0.1, 0.15) is 5.82 Å². The first-order chi connectivity index (χ1) is 15.5. The van der Waals surface area contributed by atoms with Gasteiger partial charge in [-0.15, -0.1) is 0 Å². The number of alkyl halides is 3. The van der Waals surface area contributed by atoms with Crippen molar-refractivity contribution in [3.63, 3.8) is 0 Å². The SMILES string of the molecule is Cc1ccc(S(=O)(=O)NC2CC2)cc1C(=O)NC1CCN(c2ccc(C(F)(F)F)cn2)CC1. The summed E-state index contributed by atoms with van der Waals surface area (Å²) in [6.07, 6.45) is -0.779. The second-order valence-electron chi connectivity index (χ2n) is 8.51. The number of aromatic nitrogens is 1. The fourth-order valence-corrected chi connectivity index (χ4v) is 5.09. The van der Waals surface area contributed by atoms with Gasteiger partial charge in [0.2, 0.25) is 10.0 Å². The standard InChI is InChI=1S/C22H25F3N4O3S/c1-14-2-6-18(33(31,32)28-17-4-5-17)12-19(14)21(30)27-16-8-10-29(11-9-16)20-7-3-15(13-26-20)22(23,24)25/h2-3,6-7,12-13,16-17,28H,4-5,8-11H2,1H3,(H,27,30). The van der Waals surface area contributed by atoms with E-state index in [0.29, 0.717) is 42.9 Å². The van der Waals surface area contributed by atoms with E-state index in [2.05, 4.69) is 15.0 Å². The lowest BCUT2D eigenvalue weighted by atomic mass is 10.0. The average molecular weight is 483 g/mol. The first-order valence-electron chi connectivity index (χ1n) is 10.7. The number of carbonyl (C=O) groups is 1. The predicted octanol–water partition coefficient (Wildman–Crippen LogP) is 3.25.